The fourth-order valence-electron chi connectivity index (χ4n) is 2.01. The zero-order valence-electron chi connectivity index (χ0n) is 12.8. The Kier molecular flexibility index (Phi) is 6.09. The van der Waals surface area contributed by atoms with Gasteiger partial charge in [-0.25, -0.2) is 0 Å². The number of rotatable bonds is 8. The van der Waals surface area contributed by atoms with Gasteiger partial charge in [0.2, 0.25) is 5.91 Å². The van der Waals surface area contributed by atoms with E-state index in [9.17, 15) is 24.8 Å². The molecule has 0 bridgehead atoms. The Morgan fingerprint density at radius 2 is 2.12 bits per heavy atom. The Labute approximate surface area is 146 Å². The zero-order chi connectivity index (χ0) is 18.4. The van der Waals surface area contributed by atoms with E-state index in [0.29, 0.717) is 5.76 Å². The Hall–Kier alpha value is -2.91. The predicted molar refractivity (Wildman–Crippen MR) is 88.3 cm³/mol. The van der Waals surface area contributed by atoms with Crippen LogP contribution in [0.5, 0.6) is 0 Å². The molecule has 1 aromatic heterocycles. The summed E-state index contributed by atoms with van der Waals surface area (Å²) in [5.74, 6) is -1.29. The van der Waals surface area contributed by atoms with Crippen LogP contribution in [-0.2, 0) is 16.1 Å². The number of aliphatic carboxylic acids is 1. The van der Waals surface area contributed by atoms with E-state index in [1.165, 1.54) is 18.4 Å². The van der Waals surface area contributed by atoms with E-state index in [0.717, 1.165) is 6.07 Å². The van der Waals surface area contributed by atoms with Crippen molar-refractivity contribution >= 4 is 34.9 Å². The third-order valence-corrected chi connectivity index (χ3v) is 3.54. The summed E-state index contributed by atoms with van der Waals surface area (Å²) in [6, 6.07) is 5.95. The first kappa shape index (κ1) is 18.4. The number of halogens is 1. The standard InChI is InChI=1S/C15H14ClN3O6/c16-11-4-3-9(6-13(11)19(23)24)18-14(20)7-12(15(21)22)17-8-10-2-1-5-25-10/h1-6,12,17H,7-8H2,(H,18,20)(H,21,22). The summed E-state index contributed by atoms with van der Waals surface area (Å²) in [4.78, 5) is 33.4. The predicted octanol–water partition coefficient (Wildman–Crippen LogP) is 2.41. The number of benzene rings is 1. The van der Waals surface area contributed by atoms with Crippen LogP contribution in [0, 0.1) is 10.1 Å². The number of carbonyl (C=O) groups excluding carboxylic acids is 1. The smallest absolute Gasteiger partial charge is 0.321 e. The molecule has 25 heavy (non-hydrogen) atoms. The highest BCUT2D eigenvalue weighted by Gasteiger charge is 2.22. The lowest BCUT2D eigenvalue weighted by Crippen LogP contribution is -2.39. The molecule has 0 spiro atoms. The van der Waals surface area contributed by atoms with E-state index in [1.807, 2.05) is 0 Å². The molecule has 1 unspecified atom stereocenters. The van der Waals surface area contributed by atoms with E-state index in [-0.39, 0.29) is 29.4 Å². The van der Waals surface area contributed by atoms with Crippen molar-refractivity contribution in [1.82, 2.24) is 5.32 Å². The normalized spacial score (nSPS) is 11.7. The number of carbonyl (C=O) groups is 2. The van der Waals surface area contributed by atoms with Crippen LogP contribution in [0.3, 0.4) is 0 Å². The van der Waals surface area contributed by atoms with E-state index >= 15 is 0 Å². The molecule has 1 heterocycles. The van der Waals surface area contributed by atoms with Crippen molar-refractivity contribution in [2.45, 2.75) is 19.0 Å². The van der Waals surface area contributed by atoms with Gasteiger partial charge in [-0.3, -0.25) is 25.0 Å². The average Bonchev–Trinajstić information content (AvgIpc) is 3.06. The highest BCUT2D eigenvalue weighted by atomic mass is 35.5. The number of anilines is 1. The van der Waals surface area contributed by atoms with E-state index in [1.54, 1.807) is 12.1 Å². The van der Waals surface area contributed by atoms with Crippen LogP contribution in [0.2, 0.25) is 5.02 Å². The van der Waals surface area contributed by atoms with Crippen LogP contribution in [0.1, 0.15) is 12.2 Å². The van der Waals surface area contributed by atoms with Gasteiger partial charge in [0.25, 0.3) is 5.69 Å². The maximum atomic E-state index is 12.0. The molecular formula is C15H14ClN3O6. The number of nitro groups is 1. The molecule has 3 N–H and O–H groups in total. The molecular weight excluding hydrogens is 354 g/mol. The van der Waals surface area contributed by atoms with E-state index in [4.69, 9.17) is 16.0 Å². The highest BCUT2D eigenvalue weighted by molar-refractivity contribution is 6.32. The van der Waals surface area contributed by atoms with Crippen LogP contribution in [0.15, 0.2) is 41.0 Å². The molecule has 0 radical (unpaired) electrons. The quantitative estimate of drug-likeness (QED) is 0.481. The molecule has 1 amide bonds. The molecule has 132 valence electrons. The topological polar surface area (TPSA) is 135 Å². The third kappa shape index (κ3) is 5.30. The van der Waals surface area contributed by atoms with E-state index in [2.05, 4.69) is 10.6 Å². The Bertz CT molecular complexity index is 778. The number of hydrogen-bond donors (Lipinski definition) is 3. The van der Waals surface area contributed by atoms with Crippen LogP contribution in [-0.4, -0.2) is 27.9 Å². The molecule has 0 fully saturated rings. The van der Waals surface area contributed by atoms with Gasteiger partial charge in [-0.2, -0.15) is 0 Å². The summed E-state index contributed by atoms with van der Waals surface area (Å²) >= 11 is 5.69. The lowest BCUT2D eigenvalue weighted by Gasteiger charge is -2.13. The van der Waals surface area contributed by atoms with Crippen molar-refractivity contribution < 1.29 is 24.0 Å². The van der Waals surface area contributed by atoms with Gasteiger partial charge in [0, 0.05) is 11.8 Å². The van der Waals surface area contributed by atoms with Gasteiger partial charge < -0.3 is 14.8 Å². The Morgan fingerprint density at radius 1 is 1.36 bits per heavy atom. The number of furan rings is 1. The Morgan fingerprint density at radius 3 is 2.72 bits per heavy atom. The number of hydrogen-bond acceptors (Lipinski definition) is 6. The van der Waals surface area contributed by atoms with Crippen LogP contribution >= 0.6 is 11.6 Å². The summed E-state index contributed by atoms with van der Waals surface area (Å²) in [6.45, 7) is 0.143. The fraction of sp³-hybridized carbons (Fsp3) is 0.200. The maximum absolute atomic E-state index is 12.0. The second-order valence-corrected chi connectivity index (χ2v) is 5.43. The zero-order valence-corrected chi connectivity index (χ0v) is 13.5. The van der Waals surface area contributed by atoms with E-state index < -0.39 is 22.8 Å². The van der Waals surface area contributed by atoms with Gasteiger partial charge in [0.15, 0.2) is 0 Å². The first-order valence-electron chi connectivity index (χ1n) is 7.09. The summed E-state index contributed by atoms with van der Waals surface area (Å²) in [5.41, 5.74) is -0.207. The number of nitrogens with zero attached hydrogens (tertiary/aromatic N) is 1. The number of carboxylic acid groups (broad SMARTS) is 1. The summed E-state index contributed by atoms with van der Waals surface area (Å²) in [7, 11) is 0. The van der Waals surface area contributed by atoms with Gasteiger partial charge in [0.1, 0.15) is 16.8 Å². The molecule has 0 aliphatic carbocycles. The minimum Gasteiger partial charge on any atom is -0.480 e. The number of nitro benzene ring substituents is 1. The monoisotopic (exact) mass is 367 g/mol. The fourth-order valence-corrected chi connectivity index (χ4v) is 2.20. The van der Waals surface area contributed by atoms with Crippen LogP contribution in [0.25, 0.3) is 0 Å². The van der Waals surface area contributed by atoms with Crippen molar-refractivity contribution in [3.63, 3.8) is 0 Å². The second kappa shape index (κ2) is 8.27. The molecule has 0 aliphatic heterocycles. The molecule has 0 saturated heterocycles. The highest BCUT2D eigenvalue weighted by Crippen LogP contribution is 2.27. The average molecular weight is 368 g/mol. The van der Waals surface area contributed by atoms with Crippen molar-refractivity contribution in [3.8, 4) is 0 Å². The van der Waals surface area contributed by atoms with Crippen LogP contribution in [0.4, 0.5) is 11.4 Å². The van der Waals surface area contributed by atoms with Gasteiger partial charge in [-0.1, -0.05) is 11.6 Å². The molecule has 10 heteroatoms. The first-order chi connectivity index (χ1) is 11.9. The lowest BCUT2D eigenvalue weighted by atomic mass is 10.2. The number of carboxylic acids is 1. The largest absolute Gasteiger partial charge is 0.480 e. The molecule has 1 atom stereocenters. The van der Waals surface area contributed by atoms with Gasteiger partial charge in [-0.15, -0.1) is 0 Å². The third-order valence-electron chi connectivity index (χ3n) is 3.22. The number of amides is 1. The molecule has 2 rings (SSSR count). The molecule has 1 aromatic carbocycles. The van der Waals surface area contributed by atoms with Gasteiger partial charge in [0.05, 0.1) is 24.2 Å². The minimum atomic E-state index is -1.20. The molecule has 0 aliphatic rings. The van der Waals surface area contributed by atoms with Gasteiger partial charge in [-0.05, 0) is 24.3 Å². The van der Waals surface area contributed by atoms with Crippen molar-refractivity contribution in [1.29, 1.82) is 0 Å². The minimum absolute atomic E-state index is 0.0634. The first-order valence-corrected chi connectivity index (χ1v) is 7.47. The summed E-state index contributed by atoms with van der Waals surface area (Å²) < 4.78 is 5.08. The van der Waals surface area contributed by atoms with Gasteiger partial charge >= 0.3 is 5.97 Å². The lowest BCUT2D eigenvalue weighted by molar-refractivity contribution is -0.384. The van der Waals surface area contributed by atoms with Crippen molar-refractivity contribution in [2.75, 3.05) is 5.32 Å². The maximum Gasteiger partial charge on any atom is 0.321 e. The Balaban J connectivity index is 1.98. The molecule has 0 saturated carbocycles. The second-order valence-electron chi connectivity index (χ2n) is 5.03. The van der Waals surface area contributed by atoms with Crippen molar-refractivity contribution in [3.05, 3.63) is 57.5 Å². The summed E-state index contributed by atoms with van der Waals surface area (Å²) in [5, 5.41) is 25.1. The molecule has 9 nitrogen and oxygen atoms in total. The van der Waals surface area contributed by atoms with Crippen LogP contribution < -0.4 is 10.6 Å². The number of nitrogens with one attached hydrogen (secondary N) is 2. The summed E-state index contributed by atoms with van der Waals surface area (Å²) in [6.07, 6.45) is 1.08. The van der Waals surface area contributed by atoms with Crippen molar-refractivity contribution in [2.24, 2.45) is 0 Å². The molecule has 2 aromatic rings. The SMILES string of the molecule is O=C(CC(NCc1ccco1)C(=O)O)Nc1ccc(Cl)c([N+](=O)[O-])c1.